The van der Waals surface area contributed by atoms with Crippen LogP contribution >= 0.6 is 11.6 Å². The molecule has 1 rings (SSSR count). The van der Waals surface area contributed by atoms with Crippen molar-refractivity contribution >= 4 is 17.5 Å². The van der Waals surface area contributed by atoms with E-state index in [2.05, 4.69) is 31.4 Å². The summed E-state index contributed by atoms with van der Waals surface area (Å²) in [6, 6.07) is 5.56. The Bertz CT molecular complexity index is 529. The van der Waals surface area contributed by atoms with Crippen LogP contribution in [0.2, 0.25) is 5.02 Å². The summed E-state index contributed by atoms with van der Waals surface area (Å²) in [5.74, 6) is 0.876. The number of rotatable bonds is 9. The van der Waals surface area contributed by atoms with Gasteiger partial charge in [0.1, 0.15) is 12.3 Å². The highest BCUT2D eigenvalue weighted by atomic mass is 35.5. The molecular formula is C18H32ClN3O2+2. The fourth-order valence-corrected chi connectivity index (χ4v) is 2.67. The number of halogens is 1. The van der Waals surface area contributed by atoms with E-state index in [1.807, 2.05) is 19.2 Å². The smallest absolute Gasteiger partial charge is 0.275 e. The molecule has 0 spiro atoms. The molecule has 0 heterocycles. The molecule has 0 saturated carbocycles. The highest BCUT2D eigenvalue weighted by molar-refractivity contribution is 6.30. The minimum atomic E-state index is 0.0734. The summed E-state index contributed by atoms with van der Waals surface area (Å²) in [6.45, 7) is 9.43. The lowest BCUT2D eigenvalue weighted by atomic mass is 10.1. The van der Waals surface area contributed by atoms with Crippen molar-refractivity contribution in [3.8, 4) is 5.75 Å². The fourth-order valence-electron chi connectivity index (χ4n) is 2.47. The lowest BCUT2D eigenvalue weighted by Crippen LogP contribution is -3.08. The molecule has 1 unspecified atom stereocenters. The van der Waals surface area contributed by atoms with Gasteiger partial charge in [0, 0.05) is 23.6 Å². The van der Waals surface area contributed by atoms with Crippen LogP contribution in [0.1, 0.15) is 32.8 Å². The van der Waals surface area contributed by atoms with Crippen molar-refractivity contribution in [1.82, 2.24) is 5.32 Å². The average molecular weight is 358 g/mol. The number of methoxy groups -OCH3 is 1. The number of likely N-dealkylation sites (N-methyl/N-ethyl adjacent to an activating group) is 1. The van der Waals surface area contributed by atoms with Crippen molar-refractivity contribution in [3.63, 3.8) is 0 Å². The zero-order chi connectivity index (χ0) is 18.2. The number of ether oxygens (including phenoxy) is 1. The number of hydrogen-bond acceptors (Lipinski definition) is 2. The summed E-state index contributed by atoms with van der Waals surface area (Å²) in [5.41, 5.74) is 1.25. The Morgan fingerprint density at radius 3 is 2.71 bits per heavy atom. The number of carbonyl (C=O) groups is 1. The van der Waals surface area contributed by atoms with Gasteiger partial charge in [-0.05, 0) is 39.0 Å². The minimum Gasteiger partial charge on any atom is -0.496 e. The number of carbonyl (C=O) groups excluding carboxylic acids is 1. The van der Waals surface area contributed by atoms with Gasteiger partial charge in [-0.1, -0.05) is 11.6 Å². The van der Waals surface area contributed by atoms with E-state index in [0.29, 0.717) is 18.1 Å². The van der Waals surface area contributed by atoms with Crippen molar-refractivity contribution in [2.75, 3.05) is 33.8 Å². The molecular weight excluding hydrogens is 326 g/mol. The van der Waals surface area contributed by atoms with Crippen LogP contribution < -0.4 is 20.3 Å². The number of hydrogen-bond donors (Lipinski definition) is 3. The minimum absolute atomic E-state index is 0.0734. The summed E-state index contributed by atoms with van der Waals surface area (Å²) in [7, 11) is 3.64. The monoisotopic (exact) mass is 357 g/mol. The second-order valence-electron chi connectivity index (χ2n) is 7.33. The maximum absolute atomic E-state index is 12.0. The number of nitrogens with one attached hydrogen (secondary N) is 2. The van der Waals surface area contributed by atoms with E-state index in [9.17, 15) is 4.79 Å². The van der Waals surface area contributed by atoms with E-state index in [1.165, 1.54) is 0 Å². The van der Waals surface area contributed by atoms with Gasteiger partial charge >= 0.3 is 0 Å². The van der Waals surface area contributed by atoms with Gasteiger partial charge in [-0.2, -0.15) is 0 Å². The van der Waals surface area contributed by atoms with Gasteiger partial charge in [-0.15, -0.1) is 0 Å². The molecule has 0 bridgehead atoms. The molecule has 1 aromatic carbocycles. The van der Waals surface area contributed by atoms with E-state index >= 15 is 0 Å². The molecule has 24 heavy (non-hydrogen) atoms. The molecule has 1 aromatic rings. The Morgan fingerprint density at radius 1 is 1.38 bits per heavy atom. The number of quaternary nitrogens is 2. The van der Waals surface area contributed by atoms with Crippen molar-refractivity contribution < 1.29 is 19.7 Å². The molecule has 0 saturated heterocycles. The Labute approximate surface area is 150 Å². The van der Waals surface area contributed by atoms with Crippen LogP contribution in [0.15, 0.2) is 18.2 Å². The predicted octanol–water partition coefficient (Wildman–Crippen LogP) is 0.232. The first-order chi connectivity index (χ1) is 11.2. The van der Waals surface area contributed by atoms with Crippen LogP contribution in [0.4, 0.5) is 0 Å². The van der Waals surface area contributed by atoms with Gasteiger partial charge in [0.25, 0.3) is 5.91 Å². The van der Waals surface area contributed by atoms with Crippen LogP contribution in [0.3, 0.4) is 0 Å². The molecule has 0 aliphatic rings. The van der Waals surface area contributed by atoms with E-state index < -0.39 is 0 Å². The van der Waals surface area contributed by atoms with Gasteiger partial charge in [0.2, 0.25) is 0 Å². The van der Waals surface area contributed by atoms with E-state index in [0.717, 1.165) is 35.7 Å². The largest absolute Gasteiger partial charge is 0.496 e. The summed E-state index contributed by atoms with van der Waals surface area (Å²) in [6.07, 6.45) is 0.976. The Morgan fingerprint density at radius 2 is 2.08 bits per heavy atom. The number of nitrogens with two attached hydrogens (primary N) is 1. The van der Waals surface area contributed by atoms with E-state index in [1.54, 1.807) is 13.2 Å². The van der Waals surface area contributed by atoms with Crippen molar-refractivity contribution in [3.05, 3.63) is 28.8 Å². The molecule has 0 aromatic heterocycles. The molecule has 136 valence electrons. The molecule has 0 aliphatic carbocycles. The quantitative estimate of drug-likeness (QED) is 0.554. The van der Waals surface area contributed by atoms with Gasteiger partial charge < -0.3 is 20.3 Å². The first kappa shape index (κ1) is 20.7. The van der Waals surface area contributed by atoms with Gasteiger partial charge in [-0.3, -0.25) is 4.79 Å². The molecule has 1 amide bonds. The molecule has 0 radical (unpaired) electrons. The SMILES string of the molecule is COc1ccc(Cl)cc1C[NH+](C)CC(=O)NCCC[NH2+]C(C)(C)C. The van der Waals surface area contributed by atoms with Gasteiger partial charge in [-0.25, -0.2) is 0 Å². The van der Waals surface area contributed by atoms with Crippen molar-refractivity contribution in [2.24, 2.45) is 0 Å². The second kappa shape index (κ2) is 9.87. The molecule has 5 nitrogen and oxygen atoms in total. The fraction of sp³-hybridized carbons (Fsp3) is 0.611. The zero-order valence-corrected chi connectivity index (χ0v) is 16.3. The van der Waals surface area contributed by atoms with Gasteiger partial charge in [0.15, 0.2) is 6.54 Å². The van der Waals surface area contributed by atoms with Crippen LogP contribution in [0, 0.1) is 0 Å². The summed E-state index contributed by atoms with van der Waals surface area (Å²) >= 11 is 6.05. The second-order valence-corrected chi connectivity index (χ2v) is 7.77. The maximum atomic E-state index is 12.0. The van der Waals surface area contributed by atoms with E-state index in [4.69, 9.17) is 16.3 Å². The van der Waals surface area contributed by atoms with Crippen molar-refractivity contribution in [2.45, 2.75) is 39.3 Å². The average Bonchev–Trinajstić information content (AvgIpc) is 2.45. The molecule has 4 N–H and O–H groups in total. The predicted molar refractivity (Wildman–Crippen MR) is 97.6 cm³/mol. The summed E-state index contributed by atoms with van der Waals surface area (Å²) < 4.78 is 5.35. The molecule has 6 heteroatoms. The number of benzene rings is 1. The van der Waals surface area contributed by atoms with E-state index in [-0.39, 0.29) is 11.4 Å². The highest BCUT2D eigenvalue weighted by Crippen LogP contribution is 2.21. The lowest BCUT2D eigenvalue weighted by molar-refractivity contribution is -0.885. The summed E-state index contributed by atoms with van der Waals surface area (Å²) in [4.78, 5) is 13.1. The van der Waals surface area contributed by atoms with Crippen LogP contribution in [-0.2, 0) is 11.3 Å². The third-order valence-corrected chi connectivity index (χ3v) is 3.89. The highest BCUT2D eigenvalue weighted by Gasteiger charge is 2.14. The Hall–Kier alpha value is -1.30. The van der Waals surface area contributed by atoms with Crippen LogP contribution in [0.5, 0.6) is 5.75 Å². The normalized spacial score (nSPS) is 12.8. The molecule has 0 aliphatic heterocycles. The topological polar surface area (TPSA) is 59.4 Å². The first-order valence-electron chi connectivity index (χ1n) is 8.46. The lowest BCUT2D eigenvalue weighted by Gasteiger charge is -2.17. The van der Waals surface area contributed by atoms with Crippen LogP contribution in [0.25, 0.3) is 0 Å². The molecule has 0 fully saturated rings. The molecule has 1 atom stereocenters. The third kappa shape index (κ3) is 8.52. The number of amides is 1. The Kier molecular flexibility index (Phi) is 8.53. The standard InChI is InChI=1S/C18H30ClN3O2/c1-18(2,3)21-10-6-9-20-17(23)13-22(4)12-14-11-15(19)7-8-16(14)24-5/h7-8,11,21H,6,9-10,12-13H2,1-5H3,(H,20,23)/p+2. The maximum Gasteiger partial charge on any atom is 0.275 e. The Balaban J connectivity index is 2.33. The van der Waals surface area contributed by atoms with Crippen molar-refractivity contribution in [1.29, 1.82) is 0 Å². The zero-order valence-electron chi connectivity index (χ0n) is 15.5. The first-order valence-corrected chi connectivity index (χ1v) is 8.84. The third-order valence-electron chi connectivity index (χ3n) is 3.66. The van der Waals surface area contributed by atoms with Gasteiger partial charge in [0.05, 0.1) is 26.2 Å². The van der Waals surface area contributed by atoms with Crippen LogP contribution in [-0.4, -0.2) is 45.2 Å². The summed E-state index contributed by atoms with van der Waals surface area (Å²) in [5, 5.41) is 5.96.